The molecule has 2 aromatic carbocycles. The van der Waals surface area contributed by atoms with Crippen molar-refractivity contribution in [3.05, 3.63) is 48.0 Å². The average Bonchev–Trinajstić information content (AvgIpc) is 2.70. The summed E-state index contributed by atoms with van der Waals surface area (Å²) in [5.74, 6) is 0.794. The second-order valence-corrected chi connectivity index (χ2v) is 9.15. The summed E-state index contributed by atoms with van der Waals surface area (Å²) < 4.78 is 33.6. The third kappa shape index (κ3) is 3.85. The van der Waals surface area contributed by atoms with Crippen LogP contribution in [0.15, 0.2) is 47.4 Å². The van der Waals surface area contributed by atoms with Crippen molar-refractivity contribution < 1.29 is 17.9 Å². The largest absolute Gasteiger partial charge is 0.479 e. The first-order chi connectivity index (χ1) is 13.4. The smallest absolute Gasteiger partial charge is 0.265 e. The number of rotatable bonds is 4. The second-order valence-electron chi connectivity index (χ2n) is 7.47. The molecule has 2 aromatic rings. The van der Waals surface area contributed by atoms with Crippen LogP contribution in [0.2, 0.25) is 0 Å². The quantitative estimate of drug-likeness (QED) is 0.803. The lowest BCUT2D eigenvalue weighted by molar-refractivity contribution is -0.122. The van der Waals surface area contributed by atoms with Crippen molar-refractivity contribution in [1.82, 2.24) is 0 Å². The molecule has 1 heterocycles. The van der Waals surface area contributed by atoms with Crippen molar-refractivity contribution in [2.24, 2.45) is 0 Å². The molecule has 7 heteroatoms. The number of hydrogen-bond donors (Lipinski definition) is 2. The van der Waals surface area contributed by atoms with Crippen LogP contribution in [-0.2, 0) is 14.8 Å². The first kappa shape index (κ1) is 18.8. The molecule has 0 aromatic heterocycles. The summed E-state index contributed by atoms with van der Waals surface area (Å²) in [6, 6.07) is 12.0. The van der Waals surface area contributed by atoms with E-state index in [1.807, 2.05) is 12.1 Å². The third-order valence-corrected chi connectivity index (χ3v) is 6.83. The highest BCUT2D eigenvalue weighted by Gasteiger charge is 2.24. The van der Waals surface area contributed by atoms with Gasteiger partial charge in [-0.05, 0) is 61.6 Å². The highest BCUT2D eigenvalue weighted by Crippen LogP contribution is 2.34. The number of nitrogens with one attached hydrogen (secondary N) is 2. The maximum absolute atomic E-state index is 12.7. The molecule has 4 rings (SSSR count). The number of hydrogen-bond acceptors (Lipinski definition) is 4. The van der Waals surface area contributed by atoms with Gasteiger partial charge in [0.25, 0.3) is 15.9 Å². The van der Waals surface area contributed by atoms with Crippen molar-refractivity contribution in [2.75, 3.05) is 10.0 Å². The Morgan fingerprint density at radius 3 is 2.46 bits per heavy atom. The zero-order valence-electron chi connectivity index (χ0n) is 15.8. The van der Waals surface area contributed by atoms with E-state index in [4.69, 9.17) is 4.74 Å². The van der Waals surface area contributed by atoms with Crippen LogP contribution in [0.3, 0.4) is 0 Å². The maximum Gasteiger partial charge on any atom is 0.265 e. The minimum absolute atomic E-state index is 0.221. The molecule has 2 N–H and O–H groups in total. The van der Waals surface area contributed by atoms with E-state index < -0.39 is 16.1 Å². The zero-order valence-corrected chi connectivity index (χ0v) is 16.6. The van der Waals surface area contributed by atoms with E-state index in [1.54, 1.807) is 37.3 Å². The molecule has 1 atom stereocenters. The van der Waals surface area contributed by atoms with Gasteiger partial charge in [-0.3, -0.25) is 9.52 Å². The molecule has 6 nitrogen and oxygen atoms in total. The summed E-state index contributed by atoms with van der Waals surface area (Å²) >= 11 is 0. The van der Waals surface area contributed by atoms with E-state index in [9.17, 15) is 13.2 Å². The van der Waals surface area contributed by atoms with Gasteiger partial charge in [-0.15, -0.1) is 0 Å². The molecule has 1 saturated carbocycles. The molecular formula is C21H24N2O4S. The highest BCUT2D eigenvalue weighted by atomic mass is 32.2. The number of sulfonamides is 1. The second kappa shape index (κ2) is 7.47. The van der Waals surface area contributed by atoms with Gasteiger partial charge < -0.3 is 10.1 Å². The fourth-order valence-corrected chi connectivity index (χ4v) is 4.89. The number of anilines is 2. The molecular weight excluding hydrogens is 376 g/mol. The average molecular weight is 401 g/mol. The van der Waals surface area contributed by atoms with Gasteiger partial charge in [0, 0.05) is 0 Å². The summed E-state index contributed by atoms with van der Waals surface area (Å²) in [5, 5.41) is 2.72. The van der Waals surface area contributed by atoms with Gasteiger partial charge in [0.2, 0.25) is 0 Å². The van der Waals surface area contributed by atoms with E-state index in [1.165, 1.54) is 37.7 Å². The molecule has 1 fully saturated rings. The first-order valence-corrected chi connectivity index (χ1v) is 11.1. The molecule has 1 amide bonds. The van der Waals surface area contributed by atoms with Crippen LogP contribution in [-0.4, -0.2) is 20.4 Å². The van der Waals surface area contributed by atoms with Crippen LogP contribution in [0.25, 0.3) is 0 Å². The minimum Gasteiger partial charge on any atom is -0.479 e. The monoisotopic (exact) mass is 400 g/mol. The molecule has 1 aliphatic carbocycles. The molecule has 0 spiro atoms. The Bertz CT molecular complexity index is 980. The fourth-order valence-electron chi connectivity index (χ4n) is 3.84. The predicted octanol–water partition coefficient (Wildman–Crippen LogP) is 4.25. The Hall–Kier alpha value is -2.54. The molecule has 1 aliphatic heterocycles. The lowest BCUT2D eigenvalue weighted by atomic mass is 9.84. The van der Waals surface area contributed by atoms with Crippen molar-refractivity contribution in [2.45, 2.75) is 55.9 Å². The van der Waals surface area contributed by atoms with E-state index in [-0.39, 0.29) is 10.8 Å². The van der Waals surface area contributed by atoms with Gasteiger partial charge in [-0.1, -0.05) is 31.4 Å². The fraction of sp³-hybridized carbons (Fsp3) is 0.381. The molecule has 0 unspecified atom stereocenters. The van der Waals surface area contributed by atoms with Crippen LogP contribution in [0.4, 0.5) is 11.4 Å². The topological polar surface area (TPSA) is 84.5 Å². The van der Waals surface area contributed by atoms with Crippen molar-refractivity contribution in [3.8, 4) is 5.75 Å². The lowest BCUT2D eigenvalue weighted by Gasteiger charge is -2.24. The van der Waals surface area contributed by atoms with Gasteiger partial charge in [-0.25, -0.2) is 8.42 Å². The molecule has 0 bridgehead atoms. The summed E-state index contributed by atoms with van der Waals surface area (Å²) in [7, 11) is -3.72. The highest BCUT2D eigenvalue weighted by molar-refractivity contribution is 7.92. The van der Waals surface area contributed by atoms with Crippen LogP contribution in [0.1, 0.15) is 50.5 Å². The van der Waals surface area contributed by atoms with Crippen LogP contribution >= 0.6 is 0 Å². The summed E-state index contributed by atoms with van der Waals surface area (Å²) in [6.45, 7) is 1.66. The van der Waals surface area contributed by atoms with Gasteiger partial charge in [0.05, 0.1) is 16.3 Å². The van der Waals surface area contributed by atoms with E-state index >= 15 is 0 Å². The van der Waals surface area contributed by atoms with Crippen LogP contribution in [0, 0.1) is 0 Å². The van der Waals surface area contributed by atoms with Gasteiger partial charge in [0.15, 0.2) is 6.10 Å². The van der Waals surface area contributed by atoms with Gasteiger partial charge in [-0.2, -0.15) is 0 Å². The van der Waals surface area contributed by atoms with E-state index in [2.05, 4.69) is 10.0 Å². The summed E-state index contributed by atoms with van der Waals surface area (Å²) in [4.78, 5) is 12.0. The number of benzene rings is 2. The van der Waals surface area contributed by atoms with Gasteiger partial charge >= 0.3 is 0 Å². The van der Waals surface area contributed by atoms with Crippen molar-refractivity contribution in [3.63, 3.8) is 0 Å². The molecule has 148 valence electrons. The number of carbonyl (C=O) groups is 1. The van der Waals surface area contributed by atoms with E-state index in [0.29, 0.717) is 23.0 Å². The number of ether oxygens (including phenoxy) is 1. The zero-order chi connectivity index (χ0) is 19.7. The predicted molar refractivity (Wildman–Crippen MR) is 108 cm³/mol. The first-order valence-electron chi connectivity index (χ1n) is 9.67. The third-order valence-electron chi connectivity index (χ3n) is 5.43. The van der Waals surface area contributed by atoms with Crippen LogP contribution < -0.4 is 14.8 Å². The summed E-state index contributed by atoms with van der Waals surface area (Å²) in [5.41, 5.74) is 2.03. The van der Waals surface area contributed by atoms with Crippen molar-refractivity contribution in [1.29, 1.82) is 0 Å². The molecule has 28 heavy (non-hydrogen) atoms. The van der Waals surface area contributed by atoms with Gasteiger partial charge in [0.1, 0.15) is 5.75 Å². The van der Waals surface area contributed by atoms with Crippen molar-refractivity contribution >= 4 is 27.3 Å². The minimum atomic E-state index is -3.72. The maximum atomic E-state index is 12.7. The Balaban J connectivity index is 1.51. The Kier molecular flexibility index (Phi) is 5.02. The SMILES string of the molecule is C[C@@H]1Oc2ccc(NS(=O)(=O)c3ccc(C4CCCCC4)cc3)cc2NC1=O. The lowest BCUT2D eigenvalue weighted by Crippen LogP contribution is -2.34. The Morgan fingerprint density at radius 2 is 1.75 bits per heavy atom. The Labute approximate surface area is 165 Å². The standard InChI is InChI=1S/C21H24N2O4S/c1-14-21(24)22-19-13-17(9-12-20(19)27-14)23-28(25,26)18-10-7-16(8-11-18)15-5-3-2-4-6-15/h7-15,23H,2-6H2,1H3,(H,22,24)/t14-/m0/s1. The normalized spacial score (nSPS) is 20.0. The number of carbonyl (C=O) groups excluding carboxylic acids is 1. The van der Waals surface area contributed by atoms with E-state index in [0.717, 1.165) is 0 Å². The molecule has 0 saturated heterocycles. The number of fused-ring (bicyclic) bond motifs is 1. The molecule has 2 aliphatic rings. The van der Waals surface area contributed by atoms with Crippen LogP contribution in [0.5, 0.6) is 5.75 Å². The molecule has 0 radical (unpaired) electrons. The number of amides is 1. The summed E-state index contributed by atoms with van der Waals surface area (Å²) in [6.07, 6.45) is 5.54. The Morgan fingerprint density at radius 1 is 1.04 bits per heavy atom.